The lowest BCUT2D eigenvalue weighted by molar-refractivity contribution is -0.384. The SMILES string of the molecule is CC1CCCC(NC(=O)c2cc([N+](=O)[O-])ccc2N2CCOCC2)C1C. The summed E-state index contributed by atoms with van der Waals surface area (Å²) < 4.78 is 5.38. The molecule has 7 nitrogen and oxygen atoms in total. The molecule has 1 saturated carbocycles. The zero-order valence-electron chi connectivity index (χ0n) is 15.4. The van der Waals surface area contributed by atoms with Crippen molar-refractivity contribution in [3.63, 3.8) is 0 Å². The van der Waals surface area contributed by atoms with Crippen LogP contribution in [0.5, 0.6) is 0 Å². The molecule has 3 atom stereocenters. The van der Waals surface area contributed by atoms with Crippen molar-refractivity contribution in [3.8, 4) is 0 Å². The van der Waals surface area contributed by atoms with Gasteiger partial charge in [0.1, 0.15) is 0 Å². The van der Waals surface area contributed by atoms with E-state index in [0.717, 1.165) is 18.5 Å². The molecular weight excluding hydrogens is 334 g/mol. The fourth-order valence-electron chi connectivity index (χ4n) is 3.93. The lowest BCUT2D eigenvalue weighted by Crippen LogP contribution is -2.44. The number of rotatable bonds is 4. The number of non-ortho nitro benzene ring substituents is 1. The Kier molecular flexibility index (Phi) is 5.76. The van der Waals surface area contributed by atoms with Crippen molar-refractivity contribution in [1.82, 2.24) is 5.32 Å². The molecule has 3 unspecified atom stereocenters. The summed E-state index contributed by atoms with van der Waals surface area (Å²) in [5, 5.41) is 14.3. The Bertz CT molecular complexity index is 673. The molecule has 0 aromatic heterocycles. The van der Waals surface area contributed by atoms with E-state index in [2.05, 4.69) is 24.1 Å². The molecule has 3 rings (SSSR count). The highest BCUT2D eigenvalue weighted by atomic mass is 16.6. The highest BCUT2D eigenvalue weighted by Crippen LogP contribution is 2.31. The van der Waals surface area contributed by atoms with Crippen LogP contribution in [0.15, 0.2) is 18.2 Å². The van der Waals surface area contributed by atoms with Crippen molar-refractivity contribution in [1.29, 1.82) is 0 Å². The Hall–Kier alpha value is -2.15. The molecule has 1 aromatic rings. The van der Waals surface area contributed by atoms with Crippen LogP contribution in [-0.2, 0) is 4.74 Å². The summed E-state index contributed by atoms with van der Waals surface area (Å²) in [5.74, 6) is 0.747. The third kappa shape index (κ3) is 3.98. The van der Waals surface area contributed by atoms with E-state index in [1.54, 1.807) is 6.07 Å². The van der Waals surface area contributed by atoms with Crippen LogP contribution in [0.4, 0.5) is 11.4 Å². The van der Waals surface area contributed by atoms with Crippen molar-refractivity contribution in [3.05, 3.63) is 33.9 Å². The molecule has 0 spiro atoms. The predicted molar refractivity (Wildman–Crippen MR) is 99.6 cm³/mol. The molecular formula is C19H27N3O4. The summed E-state index contributed by atoms with van der Waals surface area (Å²) in [4.78, 5) is 25.8. The Balaban J connectivity index is 1.86. The Labute approximate surface area is 153 Å². The number of anilines is 1. The third-order valence-electron chi connectivity index (χ3n) is 5.81. The Morgan fingerprint density at radius 3 is 2.69 bits per heavy atom. The quantitative estimate of drug-likeness (QED) is 0.658. The van der Waals surface area contributed by atoms with Gasteiger partial charge in [0.25, 0.3) is 11.6 Å². The van der Waals surface area contributed by atoms with E-state index in [0.29, 0.717) is 43.7 Å². The lowest BCUT2D eigenvalue weighted by Gasteiger charge is -2.35. The van der Waals surface area contributed by atoms with Gasteiger partial charge in [-0.25, -0.2) is 0 Å². The zero-order chi connectivity index (χ0) is 18.7. The lowest BCUT2D eigenvalue weighted by atomic mass is 9.78. The van der Waals surface area contributed by atoms with Gasteiger partial charge in [0.15, 0.2) is 0 Å². The highest BCUT2D eigenvalue weighted by molar-refractivity contribution is 6.00. The molecule has 7 heteroatoms. The fourth-order valence-corrected chi connectivity index (χ4v) is 3.93. The summed E-state index contributed by atoms with van der Waals surface area (Å²) in [6.07, 6.45) is 3.24. The first-order chi connectivity index (χ1) is 12.5. The summed E-state index contributed by atoms with van der Waals surface area (Å²) in [7, 11) is 0. The van der Waals surface area contributed by atoms with E-state index in [-0.39, 0.29) is 17.6 Å². The van der Waals surface area contributed by atoms with Crippen molar-refractivity contribution in [2.75, 3.05) is 31.2 Å². The second-order valence-corrected chi connectivity index (χ2v) is 7.41. The second kappa shape index (κ2) is 8.03. The second-order valence-electron chi connectivity index (χ2n) is 7.41. The molecule has 0 radical (unpaired) electrons. The van der Waals surface area contributed by atoms with Crippen molar-refractivity contribution in [2.24, 2.45) is 11.8 Å². The number of nitro benzene ring substituents is 1. The fraction of sp³-hybridized carbons (Fsp3) is 0.632. The van der Waals surface area contributed by atoms with Crippen LogP contribution in [0.3, 0.4) is 0 Å². The number of amides is 1. The number of carbonyl (C=O) groups excluding carboxylic acids is 1. The molecule has 26 heavy (non-hydrogen) atoms. The van der Waals surface area contributed by atoms with Gasteiger partial charge in [-0.1, -0.05) is 26.7 Å². The smallest absolute Gasteiger partial charge is 0.270 e. The van der Waals surface area contributed by atoms with Crippen molar-refractivity contribution in [2.45, 2.75) is 39.2 Å². The minimum atomic E-state index is -0.453. The first-order valence-electron chi connectivity index (χ1n) is 9.39. The normalized spacial score (nSPS) is 26.4. The number of ether oxygens (including phenoxy) is 1. The summed E-state index contributed by atoms with van der Waals surface area (Å²) >= 11 is 0. The maximum atomic E-state index is 13.0. The number of nitrogens with zero attached hydrogens (tertiary/aromatic N) is 2. The molecule has 0 bridgehead atoms. The average molecular weight is 361 g/mol. The number of carbonyl (C=O) groups is 1. The van der Waals surface area contributed by atoms with Gasteiger partial charge in [0.05, 0.1) is 29.4 Å². The predicted octanol–water partition coefficient (Wildman–Crippen LogP) is 2.99. The van der Waals surface area contributed by atoms with E-state index < -0.39 is 4.92 Å². The van der Waals surface area contributed by atoms with Crippen molar-refractivity contribution < 1.29 is 14.5 Å². The van der Waals surface area contributed by atoms with E-state index in [1.165, 1.54) is 18.6 Å². The molecule has 2 aliphatic rings. The van der Waals surface area contributed by atoms with Gasteiger partial charge >= 0.3 is 0 Å². The van der Waals surface area contributed by atoms with Gasteiger partial charge in [-0.3, -0.25) is 14.9 Å². The van der Waals surface area contributed by atoms with E-state index >= 15 is 0 Å². The first-order valence-corrected chi connectivity index (χ1v) is 9.39. The minimum absolute atomic E-state index is 0.0581. The highest BCUT2D eigenvalue weighted by Gasteiger charge is 2.30. The van der Waals surface area contributed by atoms with Crippen LogP contribution in [0.2, 0.25) is 0 Å². The number of nitro groups is 1. The molecule has 142 valence electrons. The average Bonchev–Trinajstić information content (AvgIpc) is 2.65. The van der Waals surface area contributed by atoms with Crippen LogP contribution in [0.1, 0.15) is 43.5 Å². The van der Waals surface area contributed by atoms with Crippen LogP contribution in [-0.4, -0.2) is 43.2 Å². The number of hydrogen-bond donors (Lipinski definition) is 1. The maximum Gasteiger partial charge on any atom is 0.270 e. The monoisotopic (exact) mass is 361 g/mol. The standard InChI is InChI=1S/C19H27N3O4/c1-13-4-3-5-17(14(13)2)20-19(23)16-12-15(22(24)25)6-7-18(16)21-8-10-26-11-9-21/h6-7,12-14,17H,3-5,8-11H2,1-2H3,(H,20,23). The van der Waals surface area contributed by atoms with Crippen LogP contribution >= 0.6 is 0 Å². The summed E-state index contributed by atoms with van der Waals surface area (Å²) in [5.41, 5.74) is 1.07. The van der Waals surface area contributed by atoms with Crippen molar-refractivity contribution >= 4 is 17.3 Å². The molecule has 1 aliphatic carbocycles. The largest absolute Gasteiger partial charge is 0.378 e. The third-order valence-corrected chi connectivity index (χ3v) is 5.81. The summed E-state index contributed by atoms with van der Waals surface area (Å²) in [6.45, 7) is 6.93. The number of benzene rings is 1. The maximum absolute atomic E-state index is 13.0. The number of morpholine rings is 1. The molecule has 2 fully saturated rings. The van der Waals surface area contributed by atoms with Crippen LogP contribution in [0, 0.1) is 22.0 Å². The molecule has 1 saturated heterocycles. The van der Waals surface area contributed by atoms with Gasteiger partial charge in [0.2, 0.25) is 0 Å². The van der Waals surface area contributed by atoms with Gasteiger partial charge < -0.3 is 15.0 Å². The van der Waals surface area contributed by atoms with E-state index in [4.69, 9.17) is 4.74 Å². The minimum Gasteiger partial charge on any atom is -0.378 e. The topological polar surface area (TPSA) is 84.7 Å². The molecule has 1 heterocycles. The van der Waals surface area contributed by atoms with Gasteiger partial charge in [0, 0.05) is 31.3 Å². The van der Waals surface area contributed by atoms with Gasteiger partial charge in [-0.15, -0.1) is 0 Å². The van der Waals surface area contributed by atoms with E-state index in [1.807, 2.05) is 0 Å². The molecule has 1 aromatic carbocycles. The van der Waals surface area contributed by atoms with Crippen LogP contribution < -0.4 is 10.2 Å². The van der Waals surface area contributed by atoms with E-state index in [9.17, 15) is 14.9 Å². The van der Waals surface area contributed by atoms with Crippen LogP contribution in [0.25, 0.3) is 0 Å². The number of nitrogens with one attached hydrogen (secondary N) is 1. The first kappa shape index (κ1) is 18.6. The zero-order valence-corrected chi connectivity index (χ0v) is 15.4. The Morgan fingerprint density at radius 1 is 1.27 bits per heavy atom. The van der Waals surface area contributed by atoms with Gasteiger partial charge in [-0.2, -0.15) is 0 Å². The molecule has 1 aliphatic heterocycles. The molecule has 1 amide bonds. The number of hydrogen-bond acceptors (Lipinski definition) is 5. The summed E-state index contributed by atoms with van der Waals surface area (Å²) in [6, 6.07) is 4.66. The molecule has 1 N–H and O–H groups in total. The van der Waals surface area contributed by atoms with Gasteiger partial charge in [-0.05, 0) is 24.3 Å². The Morgan fingerprint density at radius 2 is 2.00 bits per heavy atom.